The first kappa shape index (κ1) is 32.7. The summed E-state index contributed by atoms with van der Waals surface area (Å²) in [6.07, 6.45) is 18.2. The van der Waals surface area contributed by atoms with Crippen molar-refractivity contribution in [3.05, 3.63) is 56.2 Å². The van der Waals surface area contributed by atoms with E-state index in [0.717, 1.165) is 17.7 Å². The Balaban J connectivity index is 1.52. The van der Waals surface area contributed by atoms with Gasteiger partial charge in [-0.15, -0.1) is 45.3 Å². The molecule has 0 radical (unpaired) electrons. The van der Waals surface area contributed by atoms with Crippen molar-refractivity contribution in [2.75, 3.05) is 7.11 Å². The van der Waals surface area contributed by atoms with Crippen LogP contribution >= 0.6 is 61.3 Å². The number of rotatable bonds is 18. The first-order valence-corrected chi connectivity index (χ1v) is 19.3. The van der Waals surface area contributed by atoms with E-state index in [9.17, 15) is 4.79 Å². The highest BCUT2D eigenvalue weighted by atomic mass is 79.9. The highest BCUT2D eigenvalue weighted by Gasteiger charge is 2.18. The fourth-order valence-corrected chi connectivity index (χ4v) is 10.3. The Morgan fingerprint density at radius 1 is 0.634 bits per heavy atom. The molecule has 4 heterocycles. The van der Waals surface area contributed by atoms with Crippen LogP contribution in [-0.2, 0) is 17.6 Å². The number of esters is 1. The van der Waals surface area contributed by atoms with Crippen LogP contribution in [0.25, 0.3) is 29.3 Å². The number of unbranched alkanes of at least 4 members (excludes halogenated alkanes) is 10. The van der Waals surface area contributed by atoms with Gasteiger partial charge in [-0.05, 0) is 89.1 Å². The smallest absolute Gasteiger partial charge is 0.348 e. The maximum atomic E-state index is 11.9. The quantitative estimate of drug-likeness (QED) is 0.0767. The molecule has 41 heavy (non-hydrogen) atoms. The molecule has 0 aliphatic carbocycles. The predicted octanol–water partition coefficient (Wildman–Crippen LogP) is 13.3. The summed E-state index contributed by atoms with van der Waals surface area (Å²) < 4.78 is 6.21. The van der Waals surface area contributed by atoms with Gasteiger partial charge in [-0.2, -0.15) is 0 Å². The first-order valence-electron chi connectivity index (χ1n) is 15.2. The van der Waals surface area contributed by atoms with Crippen molar-refractivity contribution >= 4 is 67.2 Å². The minimum absolute atomic E-state index is 0.266. The van der Waals surface area contributed by atoms with E-state index in [1.165, 1.54) is 135 Å². The molecule has 0 unspecified atom stereocenters. The highest BCUT2D eigenvalue weighted by molar-refractivity contribution is 9.11. The molecule has 0 N–H and O–H groups in total. The number of hydrogen-bond donors (Lipinski definition) is 0. The standard InChI is InChI=1S/C34H43BrO2S4/c1-4-6-8-10-12-14-16-24-22-30(28-19-18-26(38-28)27-20-21-29(39-27)34(36)37-3)40-32(24)31-23-25(33(35)41-31)17-15-13-11-9-7-5-2/h18-23H,4-17H2,1-3H3. The molecule has 0 fully saturated rings. The number of aryl methyl sites for hydroxylation is 2. The summed E-state index contributed by atoms with van der Waals surface area (Å²) in [4.78, 5) is 20.4. The van der Waals surface area contributed by atoms with Crippen molar-refractivity contribution < 1.29 is 9.53 Å². The predicted molar refractivity (Wildman–Crippen MR) is 187 cm³/mol. The average Bonchev–Trinajstić information content (AvgIpc) is 3.78. The molecule has 4 aromatic rings. The normalized spacial score (nSPS) is 11.4. The lowest BCUT2D eigenvalue weighted by molar-refractivity contribution is 0.0606. The van der Waals surface area contributed by atoms with Gasteiger partial charge in [0.05, 0.1) is 10.9 Å². The number of hydrogen-bond acceptors (Lipinski definition) is 6. The van der Waals surface area contributed by atoms with Gasteiger partial charge in [0.25, 0.3) is 0 Å². The van der Waals surface area contributed by atoms with Crippen LogP contribution in [-0.4, -0.2) is 13.1 Å². The van der Waals surface area contributed by atoms with E-state index in [2.05, 4.69) is 54.0 Å². The number of carbonyl (C=O) groups is 1. The van der Waals surface area contributed by atoms with Crippen molar-refractivity contribution in [3.63, 3.8) is 0 Å². The van der Waals surface area contributed by atoms with Crippen molar-refractivity contribution in [1.82, 2.24) is 0 Å². The number of halogens is 1. The molecule has 7 heteroatoms. The summed E-state index contributed by atoms with van der Waals surface area (Å²) in [5.41, 5.74) is 2.97. The van der Waals surface area contributed by atoms with Gasteiger partial charge in [0, 0.05) is 29.3 Å². The number of carbonyl (C=O) groups excluding carboxylic acids is 1. The van der Waals surface area contributed by atoms with Gasteiger partial charge in [0.15, 0.2) is 0 Å². The molecule has 2 nitrogen and oxygen atoms in total. The third-order valence-electron chi connectivity index (χ3n) is 7.47. The Kier molecular flexibility index (Phi) is 13.7. The molecule has 0 saturated carbocycles. The van der Waals surface area contributed by atoms with Crippen molar-refractivity contribution in [1.29, 1.82) is 0 Å². The largest absolute Gasteiger partial charge is 0.465 e. The molecular weight excluding hydrogens is 649 g/mol. The van der Waals surface area contributed by atoms with Crippen LogP contribution in [0.2, 0.25) is 0 Å². The van der Waals surface area contributed by atoms with Gasteiger partial charge in [0.1, 0.15) is 4.88 Å². The zero-order valence-corrected chi connectivity index (χ0v) is 29.5. The second kappa shape index (κ2) is 17.1. The third-order valence-corrected chi connectivity index (χ3v) is 13.3. The summed E-state index contributed by atoms with van der Waals surface area (Å²) in [7, 11) is 1.44. The molecule has 4 rings (SSSR count). The van der Waals surface area contributed by atoms with E-state index in [1.807, 2.05) is 46.1 Å². The van der Waals surface area contributed by atoms with Crippen LogP contribution in [0.4, 0.5) is 0 Å². The van der Waals surface area contributed by atoms with Crippen molar-refractivity contribution in [2.24, 2.45) is 0 Å². The fraction of sp³-hybridized carbons (Fsp3) is 0.500. The van der Waals surface area contributed by atoms with Gasteiger partial charge in [-0.1, -0.05) is 78.1 Å². The molecule has 0 saturated heterocycles. The third kappa shape index (κ3) is 9.37. The van der Waals surface area contributed by atoms with E-state index in [4.69, 9.17) is 4.74 Å². The monoisotopic (exact) mass is 690 g/mol. The summed E-state index contributed by atoms with van der Waals surface area (Å²) in [6.45, 7) is 4.56. The van der Waals surface area contributed by atoms with Crippen LogP contribution < -0.4 is 0 Å². The number of thiophene rings is 4. The molecule has 222 valence electrons. The second-order valence-electron chi connectivity index (χ2n) is 10.7. The summed E-state index contributed by atoms with van der Waals surface area (Å²) >= 11 is 11.1. The van der Waals surface area contributed by atoms with Gasteiger partial charge in [0.2, 0.25) is 0 Å². The maximum absolute atomic E-state index is 11.9. The molecule has 4 aromatic heterocycles. The van der Waals surface area contributed by atoms with E-state index in [0.29, 0.717) is 4.88 Å². The fourth-order valence-electron chi connectivity index (χ4n) is 5.11. The van der Waals surface area contributed by atoms with E-state index >= 15 is 0 Å². The van der Waals surface area contributed by atoms with E-state index < -0.39 is 0 Å². The van der Waals surface area contributed by atoms with Gasteiger partial charge >= 0.3 is 5.97 Å². The van der Waals surface area contributed by atoms with Gasteiger partial charge in [-0.3, -0.25) is 0 Å². The Bertz CT molecular complexity index is 1360. The summed E-state index contributed by atoms with van der Waals surface area (Å²) in [5, 5.41) is 0. The van der Waals surface area contributed by atoms with Gasteiger partial charge in [-0.25, -0.2) is 4.79 Å². The number of ether oxygens (including phenoxy) is 1. The first-order chi connectivity index (χ1) is 20.0. The Hall–Kier alpha value is -1.25. The molecule has 0 atom stereocenters. The summed E-state index contributed by atoms with van der Waals surface area (Å²) in [6, 6.07) is 13.3. The van der Waals surface area contributed by atoms with Crippen LogP contribution in [0.15, 0.2) is 40.2 Å². The summed E-state index contributed by atoms with van der Waals surface area (Å²) in [5.74, 6) is -0.266. The van der Waals surface area contributed by atoms with Crippen molar-refractivity contribution in [3.8, 4) is 29.3 Å². The zero-order chi connectivity index (χ0) is 29.0. The van der Waals surface area contributed by atoms with E-state index in [-0.39, 0.29) is 5.97 Å². The molecular formula is C34H43BrO2S4. The number of methoxy groups -OCH3 is 1. The second-order valence-corrected chi connectivity index (χ2v) is 16.3. The van der Waals surface area contributed by atoms with Crippen LogP contribution in [0.1, 0.15) is 112 Å². The SMILES string of the molecule is CCCCCCCCc1cc(-c2sc(-c3ccc(-c4ccc(C(=O)OC)s4)s3)cc2CCCCCCCC)sc1Br. The highest BCUT2D eigenvalue weighted by Crippen LogP contribution is 2.47. The molecule has 0 amide bonds. The molecule has 0 spiro atoms. The lowest BCUT2D eigenvalue weighted by Gasteiger charge is -2.03. The van der Waals surface area contributed by atoms with Crippen LogP contribution in [0, 0.1) is 0 Å². The Morgan fingerprint density at radius 2 is 1.17 bits per heavy atom. The lowest BCUT2D eigenvalue weighted by atomic mass is 10.0. The molecule has 0 bridgehead atoms. The minimum Gasteiger partial charge on any atom is -0.465 e. The maximum Gasteiger partial charge on any atom is 0.348 e. The van der Waals surface area contributed by atoms with Crippen LogP contribution in [0.5, 0.6) is 0 Å². The molecule has 0 aliphatic rings. The Morgan fingerprint density at radius 3 is 1.83 bits per heavy atom. The van der Waals surface area contributed by atoms with Crippen molar-refractivity contribution in [2.45, 2.75) is 104 Å². The zero-order valence-electron chi connectivity index (χ0n) is 24.7. The van der Waals surface area contributed by atoms with Crippen LogP contribution in [0.3, 0.4) is 0 Å². The average molecular weight is 692 g/mol. The minimum atomic E-state index is -0.266. The van der Waals surface area contributed by atoms with E-state index in [1.54, 1.807) is 0 Å². The Labute approximate surface area is 271 Å². The topological polar surface area (TPSA) is 26.3 Å². The molecule has 0 aliphatic heterocycles. The lowest BCUT2D eigenvalue weighted by Crippen LogP contribution is -1.96. The van der Waals surface area contributed by atoms with Gasteiger partial charge < -0.3 is 4.74 Å². The molecule has 0 aromatic carbocycles.